The maximum atomic E-state index is 12.9. The molecule has 1 amide bonds. The molecule has 2 aliphatic rings. The Hall–Kier alpha value is -3.18. The minimum absolute atomic E-state index is 0.0175. The fourth-order valence-electron chi connectivity index (χ4n) is 5.17. The van der Waals surface area contributed by atoms with E-state index in [1.807, 2.05) is 37.5 Å². The first-order valence-electron chi connectivity index (χ1n) is 13.0. The molecule has 1 N–H and O–H groups in total. The van der Waals surface area contributed by atoms with Gasteiger partial charge in [-0.2, -0.15) is 18.3 Å². The predicted molar refractivity (Wildman–Crippen MR) is 135 cm³/mol. The molecular weight excluding hydrogens is 499 g/mol. The van der Waals surface area contributed by atoms with Crippen molar-refractivity contribution < 1.29 is 27.4 Å². The van der Waals surface area contributed by atoms with Gasteiger partial charge in [-0.15, -0.1) is 0 Å². The molecule has 1 aromatic carbocycles. The van der Waals surface area contributed by atoms with Gasteiger partial charge < -0.3 is 19.7 Å². The van der Waals surface area contributed by atoms with Crippen molar-refractivity contribution in [3.05, 3.63) is 53.3 Å². The molecule has 0 bridgehead atoms. The number of hydrogen-bond donors (Lipinski definition) is 1. The normalized spacial score (nSPS) is 20.6. The molecule has 2 aromatic heterocycles. The Morgan fingerprint density at radius 3 is 2.82 bits per heavy atom. The zero-order valence-corrected chi connectivity index (χ0v) is 21.3. The van der Waals surface area contributed by atoms with E-state index in [1.54, 1.807) is 4.68 Å². The average Bonchev–Trinajstić information content (AvgIpc) is 3.16. The van der Waals surface area contributed by atoms with Crippen LogP contribution in [0.15, 0.2) is 36.5 Å². The maximum Gasteiger partial charge on any atom is 0.422 e. The van der Waals surface area contributed by atoms with Gasteiger partial charge in [-0.1, -0.05) is 12.1 Å². The van der Waals surface area contributed by atoms with E-state index in [-0.39, 0.29) is 23.9 Å². The molecular formula is C27H32F3N5O3. The van der Waals surface area contributed by atoms with Crippen LogP contribution >= 0.6 is 0 Å². The molecule has 0 saturated carbocycles. The molecule has 0 radical (unpaired) electrons. The summed E-state index contributed by atoms with van der Waals surface area (Å²) in [6.45, 7) is 1.67. The summed E-state index contributed by atoms with van der Waals surface area (Å²) in [7, 11) is 1.84. The van der Waals surface area contributed by atoms with Gasteiger partial charge in [0.15, 0.2) is 6.61 Å². The number of nitrogens with one attached hydrogen (secondary N) is 1. The molecule has 8 nitrogen and oxygen atoms in total. The number of fused-ring (bicyclic) bond motifs is 2. The van der Waals surface area contributed by atoms with E-state index < -0.39 is 12.8 Å². The third-order valence-corrected chi connectivity index (χ3v) is 7.17. The number of carbonyl (C=O) groups excluding carboxylic acids is 1. The molecule has 2 aliphatic heterocycles. The van der Waals surface area contributed by atoms with E-state index in [4.69, 9.17) is 9.47 Å². The molecule has 3 aromatic rings. The third-order valence-electron chi connectivity index (χ3n) is 7.17. The number of amides is 1. The molecule has 1 saturated heterocycles. The van der Waals surface area contributed by atoms with Gasteiger partial charge in [0, 0.05) is 56.4 Å². The van der Waals surface area contributed by atoms with Crippen LogP contribution in [0.1, 0.15) is 40.9 Å². The van der Waals surface area contributed by atoms with Gasteiger partial charge in [-0.05, 0) is 43.4 Å². The van der Waals surface area contributed by atoms with Gasteiger partial charge in [0.1, 0.15) is 0 Å². The molecule has 38 heavy (non-hydrogen) atoms. The molecule has 1 unspecified atom stereocenters. The van der Waals surface area contributed by atoms with E-state index in [2.05, 4.69) is 20.3 Å². The Balaban J connectivity index is 1.06. The summed E-state index contributed by atoms with van der Waals surface area (Å²) in [5.74, 6) is -0.0933. The number of alkyl halides is 3. The van der Waals surface area contributed by atoms with Crippen LogP contribution in [0, 0.1) is 0 Å². The summed E-state index contributed by atoms with van der Waals surface area (Å²) < 4.78 is 49.9. The molecule has 11 heteroatoms. The summed E-state index contributed by atoms with van der Waals surface area (Å²) >= 11 is 0. The Bertz CT molecular complexity index is 1270. The Morgan fingerprint density at radius 2 is 2.03 bits per heavy atom. The van der Waals surface area contributed by atoms with Crippen molar-refractivity contribution >= 4 is 16.8 Å². The van der Waals surface area contributed by atoms with Gasteiger partial charge >= 0.3 is 6.18 Å². The SMILES string of the molecule is Cn1cc2c(C(=O)N[C@H]3CCC(CCN4CCc5ccc(OCC(F)(F)F)nc5CC4)OC3)cccc2n1. The van der Waals surface area contributed by atoms with Crippen LogP contribution < -0.4 is 10.1 Å². The molecule has 5 rings (SSSR count). The standard InChI is InChI=1S/C27H32F3N5O3/c1-34-15-22-21(3-2-4-24(22)33-34)26(36)31-19-6-7-20(37-16-19)10-13-35-12-9-18-5-8-25(32-23(18)11-14-35)38-17-27(28,29)30/h2-5,8,15,19-20H,6-7,9-14,16-17H2,1H3,(H,31,36)/t19-,20?/m0/s1. The smallest absolute Gasteiger partial charge is 0.422 e. The predicted octanol–water partition coefficient (Wildman–Crippen LogP) is 3.68. The van der Waals surface area contributed by atoms with Gasteiger partial charge in [0.25, 0.3) is 5.91 Å². The molecule has 204 valence electrons. The number of halogens is 3. The highest BCUT2D eigenvalue weighted by Crippen LogP contribution is 2.23. The number of aromatic nitrogens is 3. The lowest BCUT2D eigenvalue weighted by atomic mass is 10.0. The van der Waals surface area contributed by atoms with Crippen molar-refractivity contribution in [2.75, 3.05) is 32.8 Å². The lowest BCUT2D eigenvalue weighted by Crippen LogP contribution is -2.43. The maximum absolute atomic E-state index is 12.9. The van der Waals surface area contributed by atoms with Crippen molar-refractivity contribution in [3.63, 3.8) is 0 Å². The van der Waals surface area contributed by atoms with Crippen molar-refractivity contribution in [3.8, 4) is 5.88 Å². The van der Waals surface area contributed by atoms with Gasteiger partial charge in [0.05, 0.1) is 29.8 Å². The Labute approximate surface area is 219 Å². The monoisotopic (exact) mass is 531 g/mol. The van der Waals surface area contributed by atoms with Crippen LogP contribution in [0.3, 0.4) is 0 Å². The highest BCUT2D eigenvalue weighted by molar-refractivity contribution is 6.06. The third kappa shape index (κ3) is 6.63. The minimum Gasteiger partial charge on any atom is -0.468 e. The summed E-state index contributed by atoms with van der Waals surface area (Å²) in [5.41, 5.74) is 3.28. The number of aryl methyl sites for hydroxylation is 1. The number of rotatable bonds is 7. The minimum atomic E-state index is -4.38. The Morgan fingerprint density at radius 1 is 1.18 bits per heavy atom. The second-order valence-corrected chi connectivity index (χ2v) is 10.0. The van der Waals surface area contributed by atoms with E-state index in [0.717, 1.165) is 67.5 Å². The number of hydrogen-bond acceptors (Lipinski definition) is 6. The molecule has 0 aliphatic carbocycles. The van der Waals surface area contributed by atoms with Crippen LogP contribution in [0.2, 0.25) is 0 Å². The van der Waals surface area contributed by atoms with Gasteiger partial charge in [-0.25, -0.2) is 4.98 Å². The summed E-state index contributed by atoms with van der Waals surface area (Å²) in [4.78, 5) is 19.6. The second-order valence-electron chi connectivity index (χ2n) is 10.0. The summed E-state index contributed by atoms with van der Waals surface area (Å²) in [5, 5.41) is 8.32. The van der Waals surface area contributed by atoms with Crippen LogP contribution in [0.25, 0.3) is 10.9 Å². The van der Waals surface area contributed by atoms with Crippen molar-refractivity contribution in [2.24, 2.45) is 7.05 Å². The lowest BCUT2D eigenvalue weighted by molar-refractivity contribution is -0.154. The molecule has 2 atom stereocenters. The fourth-order valence-corrected chi connectivity index (χ4v) is 5.17. The van der Waals surface area contributed by atoms with Crippen molar-refractivity contribution in [2.45, 2.75) is 50.4 Å². The van der Waals surface area contributed by atoms with Crippen LogP contribution in [0.5, 0.6) is 5.88 Å². The van der Waals surface area contributed by atoms with Crippen LogP contribution in [-0.2, 0) is 24.6 Å². The second kappa shape index (κ2) is 11.3. The van der Waals surface area contributed by atoms with Crippen molar-refractivity contribution in [1.82, 2.24) is 25.0 Å². The first-order valence-corrected chi connectivity index (χ1v) is 13.0. The average molecular weight is 532 g/mol. The first kappa shape index (κ1) is 26.4. The largest absolute Gasteiger partial charge is 0.468 e. The number of carbonyl (C=O) groups is 1. The molecule has 1 fully saturated rings. The lowest BCUT2D eigenvalue weighted by Gasteiger charge is -2.31. The topological polar surface area (TPSA) is 81.5 Å². The van der Waals surface area contributed by atoms with Crippen LogP contribution in [-0.4, -0.2) is 76.7 Å². The van der Waals surface area contributed by atoms with E-state index >= 15 is 0 Å². The number of ether oxygens (including phenoxy) is 2. The quantitative estimate of drug-likeness (QED) is 0.501. The van der Waals surface area contributed by atoms with Crippen LogP contribution in [0.4, 0.5) is 13.2 Å². The van der Waals surface area contributed by atoms with Gasteiger partial charge in [-0.3, -0.25) is 9.48 Å². The fraction of sp³-hybridized carbons (Fsp3) is 0.519. The van der Waals surface area contributed by atoms with E-state index in [0.29, 0.717) is 18.6 Å². The highest BCUT2D eigenvalue weighted by atomic mass is 19.4. The summed E-state index contributed by atoms with van der Waals surface area (Å²) in [6, 6.07) is 8.86. The number of nitrogens with zero attached hydrogens (tertiary/aromatic N) is 4. The molecule has 4 heterocycles. The molecule has 0 spiro atoms. The zero-order valence-electron chi connectivity index (χ0n) is 21.3. The summed E-state index contributed by atoms with van der Waals surface area (Å²) in [6.07, 6.45) is 1.69. The first-order chi connectivity index (χ1) is 18.2. The number of pyridine rings is 1. The van der Waals surface area contributed by atoms with E-state index in [9.17, 15) is 18.0 Å². The van der Waals surface area contributed by atoms with Crippen molar-refractivity contribution in [1.29, 1.82) is 0 Å². The van der Waals surface area contributed by atoms with E-state index in [1.165, 1.54) is 6.07 Å². The highest BCUT2D eigenvalue weighted by Gasteiger charge is 2.29. The van der Waals surface area contributed by atoms with Gasteiger partial charge in [0.2, 0.25) is 5.88 Å². The zero-order chi connectivity index (χ0) is 26.7. The number of benzene rings is 1. The Kier molecular flexibility index (Phi) is 7.85.